The molecule has 0 saturated carbocycles. The van der Waals surface area contributed by atoms with Gasteiger partial charge in [0.1, 0.15) is 5.82 Å². The van der Waals surface area contributed by atoms with Gasteiger partial charge in [-0.1, -0.05) is 0 Å². The predicted octanol–water partition coefficient (Wildman–Crippen LogP) is 1.61. The van der Waals surface area contributed by atoms with Crippen LogP contribution in [-0.4, -0.2) is 13.0 Å². The van der Waals surface area contributed by atoms with Gasteiger partial charge in [0.25, 0.3) is 0 Å². The SMILES string of the molecule is COc1ccc(F)c(CNC(C)=O)c1F. The van der Waals surface area contributed by atoms with Crippen molar-refractivity contribution in [3.63, 3.8) is 0 Å². The second kappa shape index (κ2) is 4.72. The number of carbonyl (C=O) groups excluding carboxylic acids is 1. The molecule has 0 aliphatic carbocycles. The predicted molar refractivity (Wildman–Crippen MR) is 50.4 cm³/mol. The number of methoxy groups -OCH3 is 1. The molecule has 1 N–H and O–H groups in total. The third-order valence-corrected chi connectivity index (χ3v) is 1.88. The average molecular weight is 215 g/mol. The summed E-state index contributed by atoms with van der Waals surface area (Å²) in [5, 5.41) is 2.32. The molecule has 0 aliphatic heterocycles. The molecule has 0 saturated heterocycles. The van der Waals surface area contributed by atoms with Gasteiger partial charge in [0.15, 0.2) is 11.6 Å². The highest BCUT2D eigenvalue weighted by atomic mass is 19.1. The number of halogens is 2. The van der Waals surface area contributed by atoms with E-state index in [4.69, 9.17) is 4.74 Å². The van der Waals surface area contributed by atoms with E-state index in [1.807, 2.05) is 0 Å². The smallest absolute Gasteiger partial charge is 0.217 e. The van der Waals surface area contributed by atoms with E-state index < -0.39 is 11.6 Å². The molecule has 0 heterocycles. The highest BCUT2D eigenvalue weighted by Gasteiger charge is 2.13. The third kappa shape index (κ3) is 2.65. The van der Waals surface area contributed by atoms with Crippen molar-refractivity contribution in [1.82, 2.24) is 5.32 Å². The van der Waals surface area contributed by atoms with Gasteiger partial charge >= 0.3 is 0 Å². The molecular weight excluding hydrogens is 204 g/mol. The first-order valence-electron chi connectivity index (χ1n) is 4.31. The summed E-state index contributed by atoms with van der Waals surface area (Å²) in [6, 6.07) is 2.29. The monoisotopic (exact) mass is 215 g/mol. The molecule has 5 heteroatoms. The summed E-state index contributed by atoms with van der Waals surface area (Å²) in [5.74, 6) is -1.89. The van der Waals surface area contributed by atoms with Crippen LogP contribution in [0.1, 0.15) is 12.5 Å². The number of carbonyl (C=O) groups is 1. The van der Waals surface area contributed by atoms with E-state index in [-0.39, 0.29) is 23.8 Å². The summed E-state index contributed by atoms with van der Waals surface area (Å²) in [7, 11) is 1.29. The van der Waals surface area contributed by atoms with E-state index in [1.165, 1.54) is 20.1 Å². The van der Waals surface area contributed by atoms with E-state index in [0.29, 0.717) is 0 Å². The molecule has 82 valence electrons. The fraction of sp³-hybridized carbons (Fsp3) is 0.300. The number of ether oxygens (including phenoxy) is 1. The summed E-state index contributed by atoms with van der Waals surface area (Å²) in [6.45, 7) is 1.08. The van der Waals surface area contributed by atoms with Crippen molar-refractivity contribution in [1.29, 1.82) is 0 Å². The van der Waals surface area contributed by atoms with Crippen molar-refractivity contribution in [2.75, 3.05) is 7.11 Å². The molecule has 0 fully saturated rings. The number of hydrogen-bond donors (Lipinski definition) is 1. The number of nitrogens with one attached hydrogen (secondary N) is 1. The molecule has 0 unspecified atom stereocenters. The Morgan fingerprint density at radius 3 is 2.67 bits per heavy atom. The van der Waals surface area contributed by atoms with Crippen LogP contribution in [0.2, 0.25) is 0 Å². The third-order valence-electron chi connectivity index (χ3n) is 1.88. The molecule has 0 aromatic heterocycles. The lowest BCUT2D eigenvalue weighted by molar-refractivity contribution is -0.119. The van der Waals surface area contributed by atoms with Crippen LogP contribution in [0.4, 0.5) is 8.78 Å². The number of amides is 1. The van der Waals surface area contributed by atoms with Gasteiger partial charge in [-0.3, -0.25) is 4.79 Å². The zero-order valence-corrected chi connectivity index (χ0v) is 8.43. The van der Waals surface area contributed by atoms with E-state index in [1.54, 1.807) is 0 Å². The Bertz CT molecular complexity index is 380. The second-order valence-electron chi connectivity index (χ2n) is 2.95. The summed E-state index contributed by atoms with van der Waals surface area (Å²) in [5.41, 5.74) is -0.204. The Labute approximate surface area is 86.0 Å². The summed E-state index contributed by atoms with van der Waals surface area (Å²) < 4.78 is 31.3. The van der Waals surface area contributed by atoms with Crippen LogP contribution in [0, 0.1) is 11.6 Å². The molecule has 0 atom stereocenters. The molecule has 1 rings (SSSR count). The molecule has 0 bridgehead atoms. The first-order valence-corrected chi connectivity index (χ1v) is 4.31. The topological polar surface area (TPSA) is 38.3 Å². The van der Waals surface area contributed by atoms with Crippen LogP contribution < -0.4 is 10.1 Å². The molecule has 1 aromatic carbocycles. The molecular formula is C10H11F2NO2. The van der Waals surface area contributed by atoms with Gasteiger partial charge in [-0.25, -0.2) is 8.78 Å². The van der Waals surface area contributed by atoms with Crippen LogP contribution in [0.15, 0.2) is 12.1 Å². The van der Waals surface area contributed by atoms with Crippen molar-refractivity contribution < 1.29 is 18.3 Å². The maximum atomic E-state index is 13.5. The van der Waals surface area contributed by atoms with Gasteiger partial charge in [-0.2, -0.15) is 0 Å². The summed E-state index contributed by atoms with van der Waals surface area (Å²) in [6.07, 6.45) is 0. The molecule has 0 radical (unpaired) electrons. The Morgan fingerprint density at radius 1 is 1.47 bits per heavy atom. The van der Waals surface area contributed by atoms with Crippen molar-refractivity contribution >= 4 is 5.91 Å². The number of hydrogen-bond acceptors (Lipinski definition) is 2. The molecule has 1 amide bonds. The minimum Gasteiger partial charge on any atom is -0.494 e. The van der Waals surface area contributed by atoms with E-state index in [2.05, 4.69) is 5.32 Å². The Hall–Kier alpha value is -1.65. The van der Waals surface area contributed by atoms with E-state index in [0.717, 1.165) is 6.07 Å². The van der Waals surface area contributed by atoms with Crippen molar-refractivity contribution in [3.8, 4) is 5.75 Å². The minimum atomic E-state index is -0.786. The fourth-order valence-electron chi connectivity index (χ4n) is 1.11. The van der Waals surface area contributed by atoms with Crippen LogP contribution >= 0.6 is 0 Å². The average Bonchev–Trinajstić information content (AvgIpc) is 2.17. The van der Waals surface area contributed by atoms with Gasteiger partial charge in [0.05, 0.1) is 7.11 Å². The van der Waals surface area contributed by atoms with E-state index in [9.17, 15) is 13.6 Å². The Morgan fingerprint density at radius 2 is 2.13 bits per heavy atom. The second-order valence-corrected chi connectivity index (χ2v) is 2.95. The lowest BCUT2D eigenvalue weighted by Gasteiger charge is -2.08. The Balaban J connectivity index is 2.98. The van der Waals surface area contributed by atoms with Crippen LogP contribution in [0.3, 0.4) is 0 Å². The molecule has 0 spiro atoms. The lowest BCUT2D eigenvalue weighted by atomic mass is 10.2. The number of benzene rings is 1. The Kier molecular flexibility index (Phi) is 3.60. The van der Waals surface area contributed by atoms with Crippen LogP contribution in [0.25, 0.3) is 0 Å². The van der Waals surface area contributed by atoms with Crippen molar-refractivity contribution in [2.24, 2.45) is 0 Å². The molecule has 0 aliphatic rings. The maximum absolute atomic E-state index is 13.5. The standard InChI is InChI=1S/C10H11F2NO2/c1-6(14)13-5-7-8(11)3-4-9(15-2)10(7)12/h3-4H,5H2,1-2H3,(H,13,14). The van der Waals surface area contributed by atoms with Crippen molar-refractivity contribution in [3.05, 3.63) is 29.3 Å². The summed E-state index contributed by atoms with van der Waals surface area (Å²) in [4.78, 5) is 10.6. The minimum absolute atomic E-state index is 0.0447. The van der Waals surface area contributed by atoms with Gasteiger partial charge < -0.3 is 10.1 Å². The first-order chi connectivity index (χ1) is 7.06. The van der Waals surface area contributed by atoms with Gasteiger partial charge in [0, 0.05) is 19.0 Å². The highest BCUT2D eigenvalue weighted by Crippen LogP contribution is 2.22. The highest BCUT2D eigenvalue weighted by molar-refractivity contribution is 5.72. The quantitative estimate of drug-likeness (QED) is 0.831. The normalized spacial score (nSPS) is 9.87. The fourth-order valence-corrected chi connectivity index (χ4v) is 1.11. The van der Waals surface area contributed by atoms with Crippen LogP contribution in [-0.2, 0) is 11.3 Å². The summed E-state index contributed by atoms with van der Waals surface area (Å²) >= 11 is 0. The zero-order valence-electron chi connectivity index (χ0n) is 8.43. The van der Waals surface area contributed by atoms with Gasteiger partial charge in [-0.15, -0.1) is 0 Å². The zero-order chi connectivity index (χ0) is 11.4. The van der Waals surface area contributed by atoms with Gasteiger partial charge in [0.2, 0.25) is 5.91 Å². The largest absolute Gasteiger partial charge is 0.494 e. The maximum Gasteiger partial charge on any atom is 0.217 e. The molecule has 15 heavy (non-hydrogen) atoms. The molecule has 1 aromatic rings. The lowest BCUT2D eigenvalue weighted by Crippen LogP contribution is -2.20. The molecule has 3 nitrogen and oxygen atoms in total. The van der Waals surface area contributed by atoms with Crippen LogP contribution in [0.5, 0.6) is 5.75 Å². The van der Waals surface area contributed by atoms with Crippen molar-refractivity contribution in [2.45, 2.75) is 13.5 Å². The van der Waals surface area contributed by atoms with Gasteiger partial charge in [-0.05, 0) is 12.1 Å². The number of rotatable bonds is 3. The van der Waals surface area contributed by atoms with E-state index >= 15 is 0 Å². The first kappa shape index (κ1) is 11.4.